The molecule has 0 bridgehead atoms. The Morgan fingerprint density at radius 2 is 2.07 bits per heavy atom. The van der Waals surface area contributed by atoms with E-state index in [0.29, 0.717) is 28.9 Å². The van der Waals surface area contributed by atoms with E-state index in [2.05, 4.69) is 10.6 Å². The van der Waals surface area contributed by atoms with Crippen LogP contribution in [0.1, 0.15) is 23.1 Å². The zero-order valence-electron chi connectivity index (χ0n) is 16.0. The van der Waals surface area contributed by atoms with E-state index in [0.717, 1.165) is 17.7 Å². The monoisotopic (exact) mass is 417 g/mol. The normalized spacial score (nSPS) is 17.0. The number of nitrogens with zero attached hydrogens (tertiary/aromatic N) is 1. The number of carbonyl (C=O) groups excluding carboxylic acids is 2. The van der Waals surface area contributed by atoms with Crippen molar-refractivity contribution < 1.29 is 27.5 Å². The van der Waals surface area contributed by atoms with Gasteiger partial charge in [0.1, 0.15) is 5.75 Å². The van der Waals surface area contributed by atoms with Crippen LogP contribution in [-0.4, -0.2) is 25.6 Å². The van der Waals surface area contributed by atoms with Crippen LogP contribution in [0.4, 0.5) is 29.3 Å². The second-order valence-corrected chi connectivity index (χ2v) is 6.99. The molecule has 2 aromatic carbocycles. The van der Waals surface area contributed by atoms with Gasteiger partial charge in [-0.1, -0.05) is 12.1 Å². The highest BCUT2D eigenvalue weighted by molar-refractivity contribution is 6.06. The van der Waals surface area contributed by atoms with Crippen molar-refractivity contribution in [1.82, 2.24) is 5.32 Å². The molecular weight excluding hydrogens is 399 g/mol. The van der Waals surface area contributed by atoms with Crippen molar-refractivity contribution in [3.05, 3.63) is 59.2 Å². The Hall–Kier alpha value is -3.49. The maximum absolute atomic E-state index is 12.9. The molecule has 2 aliphatic heterocycles. The lowest BCUT2D eigenvalue weighted by Gasteiger charge is -2.28. The molecule has 0 spiro atoms. The number of benzene rings is 2. The molecule has 0 saturated heterocycles. The van der Waals surface area contributed by atoms with Gasteiger partial charge in [-0.05, 0) is 29.8 Å². The molecule has 6 nitrogen and oxygen atoms in total. The van der Waals surface area contributed by atoms with Gasteiger partial charge in [-0.2, -0.15) is 13.2 Å². The number of rotatable bonds is 2. The van der Waals surface area contributed by atoms with Crippen molar-refractivity contribution in [2.24, 2.45) is 0 Å². The number of fused-ring (bicyclic) bond motifs is 2. The lowest BCUT2D eigenvalue weighted by molar-refractivity contribution is -0.137. The summed E-state index contributed by atoms with van der Waals surface area (Å²) >= 11 is 0. The molecule has 0 radical (unpaired) electrons. The average Bonchev–Trinajstić information content (AvgIpc) is 2.70. The molecule has 2 aromatic rings. The number of ether oxygens (including phenoxy) is 1. The first-order valence-electron chi connectivity index (χ1n) is 9.23. The quantitative estimate of drug-likeness (QED) is 0.721. The van der Waals surface area contributed by atoms with Crippen LogP contribution in [0.15, 0.2) is 42.5 Å². The van der Waals surface area contributed by atoms with Crippen molar-refractivity contribution in [2.45, 2.75) is 19.1 Å². The van der Waals surface area contributed by atoms with Gasteiger partial charge >= 0.3 is 12.2 Å². The molecule has 0 aromatic heterocycles. The Bertz CT molecular complexity index is 1060. The van der Waals surface area contributed by atoms with E-state index in [1.807, 2.05) is 0 Å². The zero-order chi connectivity index (χ0) is 21.5. The molecule has 30 heavy (non-hydrogen) atoms. The summed E-state index contributed by atoms with van der Waals surface area (Å²) in [5.41, 5.74) is 2.29. The van der Waals surface area contributed by atoms with Gasteiger partial charge < -0.3 is 15.4 Å². The fourth-order valence-corrected chi connectivity index (χ4v) is 3.55. The van der Waals surface area contributed by atoms with E-state index in [1.165, 1.54) is 17.0 Å². The number of carbonyl (C=O) groups is 2. The number of halogens is 3. The van der Waals surface area contributed by atoms with Gasteiger partial charge in [-0.25, -0.2) is 4.79 Å². The molecule has 0 atom stereocenters. The fourth-order valence-electron chi connectivity index (χ4n) is 3.55. The van der Waals surface area contributed by atoms with Crippen LogP contribution in [0, 0.1) is 0 Å². The maximum Gasteiger partial charge on any atom is 0.416 e. The van der Waals surface area contributed by atoms with Gasteiger partial charge in [0, 0.05) is 42.9 Å². The standard InChI is InChI=1S/C21H18F3N3O3/c1-27-17-4-2-3-16(15(17)11-25-20(27)29)26-19(28)9-12-7-8-30-18-10-13(21(22,23)24)5-6-14(12)18/h2-6,9-10H,7-8,11H2,1H3,(H,25,29)(H,26,28)/b12-9+. The van der Waals surface area contributed by atoms with E-state index in [-0.39, 0.29) is 24.9 Å². The highest BCUT2D eigenvalue weighted by Gasteiger charge is 2.32. The summed E-state index contributed by atoms with van der Waals surface area (Å²) in [5, 5.41) is 5.53. The highest BCUT2D eigenvalue weighted by Crippen LogP contribution is 2.38. The molecule has 0 saturated carbocycles. The number of alkyl halides is 3. The molecule has 9 heteroatoms. The van der Waals surface area contributed by atoms with E-state index < -0.39 is 17.6 Å². The van der Waals surface area contributed by atoms with Crippen LogP contribution in [-0.2, 0) is 17.5 Å². The molecule has 0 unspecified atom stereocenters. The third kappa shape index (κ3) is 3.70. The predicted molar refractivity (Wildman–Crippen MR) is 105 cm³/mol. The maximum atomic E-state index is 12.9. The molecule has 0 aliphatic carbocycles. The van der Waals surface area contributed by atoms with E-state index >= 15 is 0 Å². The number of hydrogen-bond donors (Lipinski definition) is 2. The Kier molecular flexibility index (Phi) is 4.89. The summed E-state index contributed by atoms with van der Waals surface area (Å²) in [6, 6.07) is 8.27. The van der Waals surface area contributed by atoms with Gasteiger partial charge in [0.15, 0.2) is 0 Å². The summed E-state index contributed by atoms with van der Waals surface area (Å²) in [7, 11) is 1.63. The van der Waals surface area contributed by atoms with Gasteiger partial charge in [0.2, 0.25) is 5.91 Å². The molecule has 156 valence electrons. The number of nitrogens with one attached hydrogen (secondary N) is 2. The Balaban J connectivity index is 1.59. The van der Waals surface area contributed by atoms with Crippen molar-refractivity contribution in [3.63, 3.8) is 0 Å². The number of hydrogen-bond acceptors (Lipinski definition) is 3. The smallest absolute Gasteiger partial charge is 0.416 e. The Morgan fingerprint density at radius 3 is 2.83 bits per heavy atom. The largest absolute Gasteiger partial charge is 0.493 e. The van der Waals surface area contributed by atoms with Crippen LogP contribution < -0.4 is 20.3 Å². The second kappa shape index (κ2) is 7.40. The second-order valence-electron chi connectivity index (χ2n) is 6.99. The minimum Gasteiger partial charge on any atom is -0.493 e. The van der Waals surface area contributed by atoms with Gasteiger partial charge in [-0.15, -0.1) is 0 Å². The van der Waals surface area contributed by atoms with Crippen LogP contribution in [0.3, 0.4) is 0 Å². The van der Waals surface area contributed by atoms with Gasteiger partial charge in [0.05, 0.1) is 17.9 Å². The van der Waals surface area contributed by atoms with Crippen LogP contribution >= 0.6 is 0 Å². The molecule has 0 fully saturated rings. The number of urea groups is 1. The number of amides is 3. The first-order valence-corrected chi connectivity index (χ1v) is 9.23. The summed E-state index contributed by atoms with van der Waals surface area (Å²) in [6.07, 6.45) is -2.69. The van der Waals surface area contributed by atoms with Crippen molar-refractivity contribution >= 4 is 28.9 Å². The molecule has 2 aliphatic rings. The van der Waals surface area contributed by atoms with Crippen molar-refractivity contribution in [3.8, 4) is 5.75 Å². The summed E-state index contributed by atoms with van der Waals surface area (Å²) in [5.74, 6) is -0.303. The third-order valence-electron chi connectivity index (χ3n) is 5.08. The van der Waals surface area contributed by atoms with Crippen LogP contribution in [0.25, 0.3) is 5.57 Å². The minimum atomic E-state index is -4.47. The van der Waals surface area contributed by atoms with Gasteiger partial charge in [0.25, 0.3) is 0 Å². The summed E-state index contributed by atoms with van der Waals surface area (Å²) < 4.78 is 44.2. The molecular formula is C21H18F3N3O3. The van der Waals surface area contributed by atoms with Crippen molar-refractivity contribution in [1.29, 1.82) is 0 Å². The predicted octanol–water partition coefficient (Wildman–Crippen LogP) is 4.17. The van der Waals surface area contributed by atoms with Crippen LogP contribution in [0.5, 0.6) is 5.75 Å². The van der Waals surface area contributed by atoms with Gasteiger partial charge in [-0.3, -0.25) is 9.69 Å². The SMILES string of the molecule is CN1C(=O)NCc2c(NC(=O)/C=C3\CCOc4cc(C(F)(F)F)ccc43)cccc21. The highest BCUT2D eigenvalue weighted by atomic mass is 19.4. The lowest BCUT2D eigenvalue weighted by atomic mass is 9.97. The van der Waals surface area contributed by atoms with Crippen LogP contribution in [0.2, 0.25) is 0 Å². The number of anilines is 2. The first-order chi connectivity index (χ1) is 14.2. The first kappa shape index (κ1) is 19.8. The third-order valence-corrected chi connectivity index (χ3v) is 5.08. The van der Waals surface area contributed by atoms with E-state index in [4.69, 9.17) is 4.74 Å². The molecule has 2 heterocycles. The minimum absolute atomic E-state index is 0.108. The summed E-state index contributed by atoms with van der Waals surface area (Å²) in [4.78, 5) is 25.9. The molecule has 2 N–H and O–H groups in total. The fraction of sp³-hybridized carbons (Fsp3) is 0.238. The van der Waals surface area contributed by atoms with E-state index in [9.17, 15) is 22.8 Å². The summed E-state index contributed by atoms with van der Waals surface area (Å²) in [6.45, 7) is 0.466. The Labute approximate surface area is 170 Å². The zero-order valence-corrected chi connectivity index (χ0v) is 16.0. The Morgan fingerprint density at radius 1 is 1.27 bits per heavy atom. The average molecular weight is 417 g/mol. The topological polar surface area (TPSA) is 70.7 Å². The lowest BCUT2D eigenvalue weighted by Crippen LogP contribution is -2.41. The van der Waals surface area contributed by atoms with E-state index in [1.54, 1.807) is 25.2 Å². The molecule has 3 amide bonds. The van der Waals surface area contributed by atoms with Crippen molar-refractivity contribution in [2.75, 3.05) is 23.9 Å². The molecule has 4 rings (SSSR count).